The van der Waals surface area contributed by atoms with Crippen LogP contribution < -0.4 is 0 Å². The molecule has 0 N–H and O–H groups in total. The van der Waals surface area contributed by atoms with Crippen LogP contribution in [0.2, 0.25) is 5.02 Å². The van der Waals surface area contributed by atoms with Crippen LogP contribution in [-0.4, -0.2) is 17.3 Å². The molecule has 0 aliphatic carbocycles. The van der Waals surface area contributed by atoms with Gasteiger partial charge in [-0.15, -0.1) is 0 Å². The lowest BCUT2D eigenvalue weighted by Gasteiger charge is -2.31. The van der Waals surface area contributed by atoms with Crippen LogP contribution in [0.5, 0.6) is 0 Å². The van der Waals surface area contributed by atoms with E-state index in [0.717, 1.165) is 29.8 Å². The van der Waals surface area contributed by atoms with Gasteiger partial charge in [0.05, 0.1) is 23.9 Å². The van der Waals surface area contributed by atoms with Crippen molar-refractivity contribution in [1.82, 2.24) is 0 Å². The lowest BCUT2D eigenvalue weighted by Crippen LogP contribution is -2.38. The SMILES string of the molecule is CC(C)[C@]12CC[C@](C)(O1)[C@@H](OCc1ccccc1Cl)C2. The molecule has 2 aliphatic rings. The molecule has 3 atom stereocenters. The quantitative estimate of drug-likeness (QED) is 0.808. The van der Waals surface area contributed by atoms with Crippen LogP contribution in [0.25, 0.3) is 0 Å². The summed E-state index contributed by atoms with van der Waals surface area (Å²) in [5.74, 6) is 0.540. The Morgan fingerprint density at radius 2 is 2.10 bits per heavy atom. The van der Waals surface area contributed by atoms with Gasteiger partial charge in [-0.1, -0.05) is 43.6 Å². The third-order valence-corrected chi connectivity index (χ3v) is 5.51. The van der Waals surface area contributed by atoms with E-state index in [9.17, 15) is 0 Å². The number of halogens is 1. The highest BCUT2D eigenvalue weighted by Crippen LogP contribution is 2.55. The third-order valence-electron chi connectivity index (χ3n) is 5.14. The number of benzene rings is 1. The van der Waals surface area contributed by atoms with Crippen LogP contribution in [-0.2, 0) is 16.1 Å². The summed E-state index contributed by atoms with van der Waals surface area (Å²) in [6.45, 7) is 7.27. The molecule has 2 heterocycles. The van der Waals surface area contributed by atoms with Crippen LogP contribution >= 0.6 is 11.6 Å². The fraction of sp³-hybridized carbons (Fsp3) is 0.647. The van der Waals surface area contributed by atoms with Crippen LogP contribution in [0.3, 0.4) is 0 Å². The van der Waals surface area contributed by atoms with Gasteiger partial charge in [-0.3, -0.25) is 0 Å². The normalized spacial score (nSPS) is 36.0. The van der Waals surface area contributed by atoms with Crippen molar-refractivity contribution in [2.45, 2.75) is 63.9 Å². The molecule has 2 bridgehead atoms. The van der Waals surface area contributed by atoms with Crippen molar-refractivity contribution < 1.29 is 9.47 Å². The van der Waals surface area contributed by atoms with Gasteiger partial charge in [-0.25, -0.2) is 0 Å². The van der Waals surface area contributed by atoms with Crippen molar-refractivity contribution in [3.63, 3.8) is 0 Å². The summed E-state index contributed by atoms with van der Waals surface area (Å²) in [5.41, 5.74) is 0.963. The van der Waals surface area contributed by atoms with Gasteiger partial charge < -0.3 is 9.47 Å². The maximum absolute atomic E-state index is 6.38. The van der Waals surface area contributed by atoms with Crippen LogP contribution in [0, 0.1) is 5.92 Å². The zero-order valence-electron chi connectivity index (χ0n) is 12.5. The summed E-state index contributed by atoms with van der Waals surface area (Å²) in [5, 5.41) is 0.778. The first-order valence-corrected chi connectivity index (χ1v) is 7.88. The van der Waals surface area contributed by atoms with E-state index in [1.165, 1.54) is 0 Å². The average Bonchev–Trinajstić information content (AvgIpc) is 2.90. The van der Waals surface area contributed by atoms with Crippen LogP contribution in [0.15, 0.2) is 24.3 Å². The number of fused-ring (bicyclic) bond motifs is 2. The minimum Gasteiger partial charge on any atom is -0.370 e. The molecule has 20 heavy (non-hydrogen) atoms. The van der Waals surface area contributed by atoms with Crippen molar-refractivity contribution in [2.75, 3.05) is 0 Å². The fourth-order valence-corrected chi connectivity index (χ4v) is 3.80. The standard InChI is InChI=1S/C17H23ClO2/c1-12(2)17-9-8-16(3,20-17)15(10-17)19-11-13-6-4-5-7-14(13)18/h4-7,12,15H,8-11H2,1-3H3/t15-,16-,17+/m0/s1. The third kappa shape index (κ3) is 2.28. The first kappa shape index (κ1) is 14.4. The van der Waals surface area contributed by atoms with E-state index in [2.05, 4.69) is 20.8 Å². The average molecular weight is 295 g/mol. The number of ether oxygens (including phenoxy) is 2. The Hall–Kier alpha value is -0.570. The molecule has 0 spiro atoms. The smallest absolute Gasteiger partial charge is 0.0924 e. The molecule has 0 amide bonds. The molecule has 3 rings (SSSR count). The molecule has 2 saturated heterocycles. The lowest BCUT2D eigenvalue weighted by atomic mass is 9.75. The second kappa shape index (κ2) is 5.01. The van der Waals surface area contributed by atoms with Crippen LogP contribution in [0.1, 0.15) is 45.6 Å². The predicted molar refractivity (Wildman–Crippen MR) is 80.9 cm³/mol. The molecule has 2 fully saturated rings. The molecular formula is C17H23ClO2. The molecule has 2 aliphatic heterocycles. The highest BCUT2D eigenvalue weighted by atomic mass is 35.5. The van der Waals surface area contributed by atoms with Gasteiger partial charge in [0, 0.05) is 11.4 Å². The second-order valence-electron chi connectivity index (χ2n) is 6.73. The first-order valence-electron chi connectivity index (χ1n) is 7.50. The molecule has 0 aromatic heterocycles. The van der Waals surface area contributed by atoms with Gasteiger partial charge in [0.1, 0.15) is 0 Å². The van der Waals surface area contributed by atoms with E-state index >= 15 is 0 Å². The van der Waals surface area contributed by atoms with E-state index in [1.807, 2.05) is 24.3 Å². The maximum atomic E-state index is 6.38. The molecule has 0 radical (unpaired) electrons. The molecular weight excluding hydrogens is 272 g/mol. The zero-order valence-corrected chi connectivity index (χ0v) is 13.2. The van der Waals surface area contributed by atoms with Gasteiger partial charge in [0.15, 0.2) is 0 Å². The summed E-state index contributed by atoms with van der Waals surface area (Å²) in [6.07, 6.45) is 3.44. The van der Waals surface area contributed by atoms with Crippen LogP contribution in [0.4, 0.5) is 0 Å². The maximum Gasteiger partial charge on any atom is 0.0924 e. The van der Waals surface area contributed by atoms with E-state index < -0.39 is 0 Å². The molecule has 1 aromatic rings. The van der Waals surface area contributed by atoms with Gasteiger partial charge >= 0.3 is 0 Å². The topological polar surface area (TPSA) is 18.5 Å². The highest BCUT2D eigenvalue weighted by molar-refractivity contribution is 6.31. The number of hydrogen-bond donors (Lipinski definition) is 0. The first-order chi connectivity index (χ1) is 9.45. The fourth-order valence-electron chi connectivity index (χ4n) is 3.61. The van der Waals surface area contributed by atoms with E-state index in [0.29, 0.717) is 12.5 Å². The van der Waals surface area contributed by atoms with E-state index in [-0.39, 0.29) is 17.3 Å². The summed E-state index contributed by atoms with van der Waals surface area (Å²) >= 11 is 6.19. The minimum absolute atomic E-state index is 0.0277. The number of rotatable bonds is 4. The van der Waals surface area contributed by atoms with E-state index in [1.54, 1.807) is 0 Å². The number of hydrogen-bond acceptors (Lipinski definition) is 2. The molecule has 110 valence electrons. The monoisotopic (exact) mass is 294 g/mol. The Kier molecular flexibility index (Phi) is 3.60. The van der Waals surface area contributed by atoms with Crippen molar-refractivity contribution in [1.29, 1.82) is 0 Å². The van der Waals surface area contributed by atoms with Crippen molar-refractivity contribution in [2.24, 2.45) is 5.92 Å². The van der Waals surface area contributed by atoms with Crippen molar-refractivity contribution >= 4 is 11.6 Å². The van der Waals surface area contributed by atoms with Gasteiger partial charge in [-0.2, -0.15) is 0 Å². The zero-order chi connectivity index (χ0) is 14.4. The molecule has 1 aromatic carbocycles. The van der Waals surface area contributed by atoms with Gasteiger partial charge in [-0.05, 0) is 37.3 Å². The molecule has 3 heteroatoms. The van der Waals surface area contributed by atoms with Crippen molar-refractivity contribution in [3.05, 3.63) is 34.9 Å². The highest BCUT2D eigenvalue weighted by Gasteiger charge is 2.60. The molecule has 0 saturated carbocycles. The summed E-state index contributed by atoms with van der Waals surface area (Å²) in [7, 11) is 0. The Morgan fingerprint density at radius 3 is 2.75 bits per heavy atom. The lowest BCUT2D eigenvalue weighted by molar-refractivity contribution is -0.0959. The summed E-state index contributed by atoms with van der Waals surface area (Å²) in [6, 6.07) is 7.88. The van der Waals surface area contributed by atoms with Gasteiger partial charge in [0.2, 0.25) is 0 Å². The Labute approximate surface area is 126 Å². The summed E-state index contributed by atoms with van der Waals surface area (Å²) in [4.78, 5) is 0. The largest absolute Gasteiger partial charge is 0.370 e. The Morgan fingerprint density at radius 1 is 1.35 bits per heavy atom. The van der Waals surface area contributed by atoms with E-state index in [4.69, 9.17) is 21.1 Å². The Bertz CT molecular complexity index is 502. The second-order valence-corrected chi connectivity index (χ2v) is 7.14. The molecule has 0 unspecified atom stereocenters. The predicted octanol–water partition coefficient (Wildman–Crippen LogP) is 4.59. The molecule has 2 nitrogen and oxygen atoms in total. The summed E-state index contributed by atoms with van der Waals surface area (Å²) < 4.78 is 12.6. The van der Waals surface area contributed by atoms with Crippen molar-refractivity contribution in [3.8, 4) is 0 Å². The Balaban J connectivity index is 1.69. The minimum atomic E-state index is -0.120. The van der Waals surface area contributed by atoms with Gasteiger partial charge in [0.25, 0.3) is 0 Å².